The second-order valence-electron chi connectivity index (χ2n) is 4.69. The van der Waals surface area contributed by atoms with Crippen LogP contribution in [-0.4, -0.2) is 35.4 Å². The summed E-state index contributed by atoms with van der Waals surface area (Å²) in [5, 5.41) is 3.24. The quantitative estimate of drug-likeness (QED) is 0.822. The maximum absolute atomic E-state index is 12.4. The van der Waals surface area contributed by atoms with Gasteiger partial charge in [0.1, 0.15) is 5.82 Å². The zero-order valence-corrected chi connectivity index (χ0v) is 12.5. The van der Waals surface area contributed by atoms with E-state index >= 15 is 0 Å². The van der Waals surface area contributed by atoms with Gasteiger partial charge in [-0.25, -0.2) is 4.98 Å². The maximum atomic E-state index is 12.4. The standard InChI is InChI=1S/C15H25N3O/c1-5-8-16-14-11-13(10-12(4)17-14)15(19)18(7-3)9-6-2/h10-11H,5-9H2,1-4H3,(H,16,17). The molecule has 0 saturated heterocycles. The first kappa shape index (κ1) is 15.5. The highest BCUT2D eigenvalue weighted by molar-refractivity contribution is 5.95. The minimum Gasteiger partial charge on any atom is -0.370 e. The molecule has 1 heterocycles. The lowest BCUT2D eigenvalue weighted by Crippen LogP contribution is -2.31. The number of aryl methyl sites for hydroxylation is 1. The third-order valence-corrected chi connectivity index (χ3v) is 2.92. The van der Waals surface area contributed by atoms with Crippen molar-refractivity contribution in [3.63, 3.8) is 0 Å². The predicted molar refractivity (Wildman–Crippen MR) is 79.6 cm³/mol. The first-order valence-corrected chi connectivity index (χ1v) is 7.14. The number of nitrogens with one attached hydrogen (secondary N) is 1. The molecule has 106 valence electrons. The van der Waals surface area contributed by atoms with E-state index in [1.54, 1.807) is 0 Å². The third kappa shape index (κ3) is 4.54. The van der Waals surface area contributed by atoms with E-state index in [4.69, 9.17) is 0 Å². The van der Waals surface area contributed by atoms with E-state index in [1.807, 2.05) is 30.9 Å². The summed E-state index contributed by atoms with van der Waals surface area (Å²) < 4.78 is 0. The fraction of sp³-hybridized carbons (Fsp3) is 0.600. The van der Waals surface area contributed by atoms with Crippen molar-refractivity contribution in [1.82, 2.24) is 9.88 Å². The number of anilines is 1. The molecule has 0 radical (unpaired) electrons. The second kappa shape index (κ2) is 7.77. The number of aromatic nitrogens is 1. The van der Waals surface area contributed by atoms with Gasteiger partial charge in [0, 0.05) is 30.9 Å². The van der Waals surface area contributed by atoms with Crippen LogP contribution in [0, 0.1) is 6.92 Å². The number of pyridine rings is 1. The normalized spacial score (nSPS) is 10.3. The molecule has 1 amide bonds. The SMILES string of the molecule is CCCNc1cc(C(=O)N(CC)CCC)cc(C)n1. The second-order valence-corrected chi connectivity index (χ2v) is 4.69. The molecule has 4 nitrogen and oxygen atoms in total. The highest BCUT2D eigenvalue weighted by Gasteiger charge is 2.14. The number of nitrogens with zero attached hydrogens (tertiary/aromatic N) is 2. The summed E-state index contributed by atoms with van der Waals surface area (Å²) in [5.74, 6) is 0.882. The molecule has 1 aromatic heterocycles. The highest BCUT2D eigenvalue weighted by Crippen LogP contribution is 2.13. The van der Waals surface area contributed by atoms with Gasteiger partial charge in [-0.2, -0.15) is 0 Å². The molecule has 0 aliphatic carbocycles. The van der Waals surface area contributed by atoms with E-state index in [1.165, 1.54) is 0 Å². The number of carbonyl (C=O) groups is 1. The molecule has 4 heteroatoms. The van der Waals surface area contributed by atoms with Gasteiger partial charge in [0.15, 0.2) is 0 Å². The van der Waals surface area contributed by atoms with Gasteiger partial charge in [-0.15, -0.1) is 0 Å². The molecule has 0 unspecified atom stereocenters. The van der Waals surface area contributed by atoms with Gasteiger partial charge in [-0.1, -0.05) is 13.8 Å². The van der Waals surface area contributed by atoms with Crippen LogP contribution in [0.2, 0.25) is 0 Å². The molecule has 1 N–H and O–H groups in total. The summed E-state index contributed by atoms with van der Waals surface area (Å²) in [6, 6.07) is 3.71. The fourth-order valence-electron chi connectivity index (χ4n) is 1.99. The number of hydrogen-bond donors (Lipinski definition) is 1. The van der Waals surface area contributed by atoms with E-state index < -0.39 is 0 Å². The minimum atomic E-state index is 0.0920. The molecule has 0 atom stereocenters. The Kier molecular flexibility index (Phi) is 6.33. The van der Waals surface area contributed by atoms with Gasteiger partial charge in [-0.3, -0.25) is 4.79 Å². The van der Waals surface area contributed by atoms with E-state index in [9.17, 15) is 4.79 Å². The molecular weight excluding hydrogens is 238 g/mol. The smallest absolute Gasteiger partial charge is 0.254 e. The van der Waals surface area contributed by atoms with Crippen molar-refractivity contribution in [3.8, 4) is 0 Å². The van der Waals surface area contributed by atoms with Crippen LogP contribution < -0.4 is 5.32 Å². The lowest BCUT2D eigenvalue weighted by molar-refractivity contribution is 0.0764. The molecule has 0 spiro atoms. The first-order valence-electron chi connectivity index (χ1n) is 7.14. The lowest BCUT2D eigenvalue weighted by atomic mass is 10.2. The Morgan fingerprint density at radius 2 is 2.00 bits per heavy atom. The van der Waals surface area contributed by atoms with Crippen LogP contribution in [0.15, 0.2) is 12.1 Å². The van der Waals surface area contributed by atoms with Gasteiger partial charge in [-0.05, 0) is 38.8 Å². The summed E-state index contributed by atoms with van der Waals surface area (Å²) in [7, 11) is 0. The van der Waals surface area contributed by atoms with E-state index in [0.717, 1.165) is 49.6 Å². The third-order valence-electron chi connectivity index (χ3n) is 2.92. The zero-order chi connectivity index (χ0) is 14.3. The number of amides is 1. The van der Waals surface area contributed by atoms with Gasteiger partial charge in [0.05, 0.1) is 0 Å². The average molecular weight is 263 g/mol. The molecule has 0 aromatic carbocycles. The van der Waals surface area contributed by atoms with Crippen molar-refractivity contribution in [2.45, 2.75) is 40.5 Å². The van der Waals surface area contributed by atoms with Crippen LogP contribution in [0.5, 0.6) is 0 Å². The zero-order valence-electron chi connectivity index (χ0n) is 12.5. The van der Waals surface area contributed by atoms with Gasteiger partial charge >= 0.3 is 0 Å². The van der Waals surface area contributed by atoms with Crippen molar-refractivity contribution in [3.05, 3.63) is 23.4 Å². The van der Waals surface area contributed by atoms with Gasteiger partial charge < -0.3 is 10.2 Å². The Balaban J connectivity index is 2.92. The Bertz CT molecular complexity index is 418. The van der Waals surface area contributed by atoms with Crippen molar-refractivity contribution < 1.29 is 4.79 Å². The fourth-order valence-corrected chi connectivity index (χ4v) is 1.99. The molecule has 0 saturated carbocycles. The maximum Gasteiger partial charge on any atom is 0.254 e. The number of carbonyl (C=O) groups excluding carboxylic acids is 1. The van der Waals surface area contributed by atoms with Crippen LogP contribution in [0.25, 0.3) is 0 Å². The van der Waals surface area contributed by atoms with Crippen LogP contribution in [-0.2, 0) is 0 Å². The summed E-state index contributed by atoms with van der Waals surface area (Å²) >= 11 is 0. The van der Waals surface area contributed by atoms with Crippen LogP contribution in [0.3, 0.4) is 0 Å². The van der Waals surface area contributed by atoms with Crippen LogP contribution in [0.1, 0.15) is 49.7 Å². The largest absolute Gasteiger partial charge is 0.370 e. The van der Waals surface area contributed by atoms with Crippen molar-refractivity contribution >= 4 is 11.7 Å². The summed E-state index contributed by atoms with van der Waals surface area (Å²) in [5.41, 5.74) is 1.60. The Hall–Kier alpha value is -1.58. The minimum absolute atomic E-state index is 0.0920. The highest BCUT2D eigenvalue weighted by atomic mass is 16.2. The van der Waals surface area contributed by atoms with E-state index in [0.29, 0.717) is 0 Å². The van der Waals surface area contributed by atoms with Gasteiger partial charge in [0.25, 0.3) is 5.91 Å². The van der Waals surface area contributed by atoms with Crippen LogP contribution in [0.4, 0.5) is 5.82 Å². The molecule has 0 fully saturated rings. The topological polar surface area (TPSA) is 45.2 Å². The molecule has 0 aliphatic heterocycles. The van der Waals surface area contributed by atoms with Crippen molar-refractivity contribution in [2.24, 2.45) is 0 Å². The molecule has 1 aromatic rings. The Morgan fingerprint density at radius 3 is 2.58 bits per heavy atom. The Morgan fingerprint density at radius 1 is 1.26 bits per heavy atom. The van der Waals surface area contributed by atoms with Crippen molar-refractivity contribution in [2.75, 3.05) is 25.0 Å². The molecule has 0 aliphatic rings. The molecule has 1 rings (SSSR count). The number of hydrogen-bond acceptors (Lipinski definition) is 3. The molecule has 0 bridgehead atoms. The summed E-state index contributed by atoms with van der Waals surface area (Å²) in [6.45, 7) is 10.5. The summed E-state index contributed by atoms with van der Waals surface area (Å²) in [6.07, 6.45) is 2.01. The summed E-state index contributed by atoms with van der Waals surface area (Å²) in [4.78, 5) is 18.7. The monoisotopic (exact) mass is 263 g/mol. The number of rotatable bonds is 7. The van der Waals surface area contributed by atoms with E-state index in [-0.39, 0.29) is 5.91 Å². The molecular formula is C15H25N3O. The predicted octanol–water partition coefficient (Wildman–Crippen LogP) is 3.08. The van der Waals surface area contributed by atoms with Crippen molar-refractivity contribution in [1.29, 1.82) is 0 Å². The van der Waals surface area contributed by atoms with E-state index in [2.05, 4.69) is 24.1 Å². The average Bonchev–Trinajstić information content (AvgIpc) is 2.41. The molecule has 19 heavy (non-hydrogen) atoms. The van der Waals surface area contributed by atoms with Gasteiger partial charge in [0.2, 0.25) is 0 Å². The first-order chi connectivity index (χ1) is 9.12. The Labute approximate surface area is 116 Å². The lowest BCUT2D eigenvalue weighted by Gasteiger charge is -2.20. The van der Waals surface area contributed by atoms with Crippen LogP contribution >= 0.6 is 0 Å².